The molecule has 2 aliphatic heterocycles. The van der Waals surface area contributed by atoms with Crippen molar-refractivity contribution in [3.05, 3.63) is 66.2 Å². The Kier molecular flexibility index (Phi) is 25.3. The van der Waals surface area contributed by atoms with Gasteiger partial charge in [0.2, 0.25) is 0 Å². The van der Waals surface area contributed by atoms with E-state index >= 15 is 0 Å². The van der Waals surface area contributed by atoms with Crippen LogP contribution in [0.4, 0.5) is 0 Å². The number of phosphoric acid groups is 6. The van der Waals surface area contributed by atoms with E-state index in [9.17, 15) is 96.4 Å². The molecule has 2 fully saturated rings. The number of nitrogens with one attached hydrogen (secondary N) is 2. The van der Waals surface area contributed by atoms with Gasteiger partial charge in [-0.1, -0.05) is 0 Å². The van der Waals surface area contributed by atoms with Gasteiger partial charge in [-0.3, -0.25) is 51.2 Å². The van der Waals surface area contributed by atoms with Crippen molar-refractivity contribution >= 4 is 46.9 Å². The van der Waals surface area contributed by atoms with Crippen molar-refractivity contribution in [3.8, 4) is 0 Å². The van der Waals surface area contributed by atoms with Gasteiger partial charge in [-0.15, -0.1) is 0 Å². The number of hydrogen-bond donors (Lipinski definition) is 8. The standard InChI is InChI=1S/C18H28N4O29P6.4Na/c23-9-1-3-21(17(29)19-9)15-13(27)11(25)7(45-15)5-43-53(34,35)49-57(42,51-56(40,41)48-55(38,39)47-52(31,32)33)50-54(36,37)44-6-8-12(26)14(28)16(46-8)22-4-2-10(24)20-18(22)30;;;;/h1-4,7-8,11-16,25-28H,5-6H2,(H,34,35)(H,36,37)(H,38,39)(H,40,41)(H,19,23,29)(H,20,24,30)(H2,31,32,33);;;;/q;4*+1/p-4/t7-,8-,11-,12-,13-,14-,15-,16-;;;;/m1..../s1. The number of phosphoric ester groups is 2. The van der Waals surface area contributed by atoms with Crippen LogP contribution in [-0.2, 0) is 67.5 Å². The Balaban J connectivity index is 0.00000900. The number of nitrogens with zero attached hydrogens (tertiary/aromatic N) is 2. The molecule has 2 saturated heterocycles. The Morgan fingerprint density at radius 3 is 1.25 bits per heavy atom. The molecule has 0 radical (unpaired) electrons. The first kappa shape index (κ1) is 63.0. The van der Waals surface area contributed by atoms with E-state index in [1.807, 2.05) is 0 Å². The molecule has 2 aliphatic rings. The second kappa shape index (κ2) is 24.5. The summed E-state index contributed by atoms with van der Waals surface area (Å²) in [6.07, 6.45) is -14.4. The Hall–Kier alpha value is 1.98. The molecule has 33 nitrogen and oxygen atoms in total. The van der Waals surface area contributed by atoms with Crippen LogP contribution in [0.25, 0.3) is 0 Å². The molecule has 4 heterocycles. The number of aliphatic hydroxyl groups is 4. The van der Waals surface area contributed by atoms with Gasteiger partial charge < -0.3 is 63.8 Å². The van der Waals surface area contributed by atoms with E-state index in [1.165, 1.54) is 0 Å². The average molecular weight is 1040 g/mol. The predicted molar refractivity (Wildman–Crippen MR) is 162 cm³/mol. The molecule has 0 amide bonds. The molecule has 43 heteroatoms. The molecule has 2 aromatic heterocycles. The summed E-state index contributed by atoms with van der Waals surface area (Å²) in [6.45, 7) is -2.96. The third-order valence-corrected chi connectivity index (χ3v) is 15.7. The zero-order valence-corrected chi connectivity index (χ0v) is 44.4. The van der Waals surface area contributed by atoms with Gasteiger partial charge in [0, 0.05) is 24.5 Å². The second-order valence-corrected chi connectivity index (χ2v) is 20.1. The monoisotopic (exact) mass is 1040 g/mol. The summed E-state index contributed by atoms with van der Waals surface area (Å²) >= 11 is 0. The van der Waals surface area contributed by atoms with Crippen LogP contribution in [0, 0.1) is 0 Å². The number of aliphatic hydroxyl groups excluding tert-OH is 4. The second-order valence-electron chi connectivity index (χ2n) is 10.9. The van der Waals surface area contributed by atoms with Gasteiger partial charge in [0.05, 0.1) is 21.0 Å². The Morgan fingerprint density at radius 1 is 0.574 bits per heavy atom. The molecule has 0 saturated carbocycles. The molecule has 0 bridgehead atoms. The molecule has 324 valence electrons. The molecule has 4 rings (SSSR count). The van der Waals surface area contributed by atoms with Gasteiger partial charge in [-0.2, -0.15) is 8.62 Å². The van der Waals surface area contributed by atoms with Gasteiger partial charge >= 0.3 is 153 Å². The zero-order valence-electron chi connectivity index (χ0n) is 31.0. The molecule has 12 atom stereocenters. The van der Waals surface area contributed by atoms with Gasteiger partial charge in [0.1, 0.15) is 36.6 Å². The fourth-order valence-electron chi connectivity index (χ4n) is 4.53. The molecule has 0 aliphatic carbocycles. The third kappa shape index (κ3) is 18.4. The summed E-state index contributed by atoms with van der Waals surface area (Å²) in [7, 11) is -40.5. The van der Waals surface area contributed by atoms with Gasteiger partial charge in [0.25, 0.3) is 26.8 Å². The number of H-pyrrole nitrogens is 2. The molecule has 0 spiro atoms. The number of hydrogen-bond acceptors (Lipinski definition) is 27. The third-order valence-electron chi connectivity index (χ3n) is 6.74. The number of rotatable bonds is 18. The molecular formula is C18H24N4Na4O29P6. The number of ether oxygens (including phenoxy) is 2. The van der Waals surface area contributed by atoms with Crippen molar-refractivity contribution in [3.63, 3.8) is 0 Å². The van der Waals surface area contributed by atoms with Crippen molar-refractivity contribution in [1.29, 1.82) is 0 Å². The molecule has 8 N–H and O–H groups in total. The molecule has 61 heavy (non-hydrogen) atoms. The molecular weight excluding hydrogens is 1010 g/mol. The van der Waals surface area contributed by atoms with Crippen LogP contribution in [-0.4, -0.2) is 99.2 Å². The van der Waals surface area contributed by atoms with E-state index in [1.54, 1.807) is 9.97 Å². The minimum atomic E-state index is -7.16. The van der Waals surface area contributed by atoms with Gasteiger partial charge in [-0.25, -0.2) is 31.9 Å². The topological polar surface area (TPSA) is 509 Å². The quantitative estimate of drug-likeness (QED) is 0.0508. The van der Waals surface area contributed by atoms with Crippen LogP contribution in [0.2, 0.25) is 0 Å². The fourth-order valence-corrected chi connectivity index (χ4v) is 12.5. The largest absolute Gasteiger partial charge is 1.00 e. The van der Waals surface area contributed by atoms with Crippen LogP contribution < -0.4 is 160 Å². The first-order valence-corrected chi connectivity index (χ1v) is 23.2. The van der Waals surface area contributed by atoms with Crippen LogP contribution in [0.1, 0.15) is 12.5 Å². The fraction of sp³-hybridized carbons (Fsp3) is 0.556. The summed E-state index contributed by atoms with van der Waals surface area (Å²) in [5.41, 5.74) is -4.19. The van der Waals surface area contributed by atoms with E-state index in [-0.39, 0.29) is 118 Å². The van der Waals surface area contributed by atoms with Crippen molar-refractivity contribution in [2.24, 2.45) is 0 Å². The minimum absolute atomic E-state index is 0. The van der Waals surface area contributed by atoms with Gasteiger partial charge in [-0.05, 0) is 0 Å². The average Bonchev–Trinajstić information content (AvgIpc) is 3.45. The maximum absolute atomic E-state index is 13.3. The smallest absolute Gasteiger partial charge is 0.790 e. The first-order valence-electron chi connectivity index (χ1n) is 14.3. The zero-order chi connectivity index (χ0) is 43.1. The summed E-state index contributed by atoms with van der Waals surface area (Å²) in [5, 5.41) is 41.2. The Bertz CT molecular complexity index is 2230. The minimum Gasteiger partial charge on any atom is -0.790 e. The number of aromatic nitrogens is 4. The van der Waals surface area contributed by atoms with Crippen molar-refractivity contribution < 1.29 is 235 Å². The van der Waals surface area contributed by atoms with Crippen LogP contribution in [0.5, 0.6) is 0 Å². The summed E-state index contributed by atoms with van der Waals surface area (Å²) < 4.78 is 111. The van der Waals surface area contributed by atoms with Crippen molar-refractivity contribution in [2.45, 2.75) is 49.1 Å². The predicted octanol–water partition coefficient (Wildman–Crippen LogP) is -18.5. The van der Waals surface area contributed by atoms with E-state index < -0.39 is 132 Å². The van der Waals surface area contributed by atoms with E-state index in [2.05, 4.69) is 30.6 Å². The molecule has 2 aromatic rings. The van der Waals surface area contributed by atoms with Crippen LogP contribution in [0.15, 0.2) is 43.7 Å². The SMILES string of the molecule is O=c1ccn([C@@H]2O[C@H](COP(=O)(O)OP(=O)(OP(=O)([O-])OP(=O)([O-])OP(=O)([O-])[O-])OP(=O)(O)OC[C@H]3O[C@@H](n4ccc(=O)[nH]c4=O)[C@H](O)[C@@H]3O)[C@@H](O)[C@H]2O)c(=O)[nH]1.[Na+].[Na+].[Na+].[Na+]. The van der Waals surface area contributed by atoms with E-state index in [4.69, 9.17) is 9.47 Å². The van der Waals surface area contributed by atoms with Crippen LogP contribution >= 0.6 is 46.9 Å². The maximum Gasteiger partial charge on any atom is 1.00 e. The maximum atomic E-state index is 13.3. The summed E-state index contributed by atoms with van der Waals surface area (Å²) in [4.78, 5) is 116. The normalized spacial score (nSPS) is 28.8. The van der Waals surface area contributed by atoms with Crippen molar-refractivity contribution in [2.75, 3.05) is 13.2 Å². The van der Waals surface area contributed by atoms with E-state index in [0.29, 0.717) is 9.13 Å². The first-order chi connectivity index (χ1) is 25.9. The Morgan fingerprint density at radius 2 is 0.918 bits per heavy atom. The summed E-state index contributed by atoms with van der Waals surface area (Å²) in [5.74, 6) is 0. The number of aromatic amines is 2. The van der Waals surface area contributed by atoms with Gasteiger partial charge in [0.15, 0.2) is 12.5 Å². The van der Waals surface area contributed by atoms with E-state index in [0.717, 1.165) is 24.5 Å². The Labute approximate surface area is 425 Å². The molecule has 0 aromatic carbocycles. The van der Waals surface area contributed by atoms with Crippen LogP contribution in [0.3, 0.4) is 0 Å². The van der Waals surface area contributed by atoms with Crippen molar-refractivity contribution in [1.82, 2.24) is 19.1 Å². The molecule has 4 unspecified atom stereocenters. The summed E-state index contributed by atoms with van der Waals surface area (Å²) in [6, 6.07) is 1.56.